The second-order valence-electron chi connectivity index (χ2n) is 6.84. The number of hydrogen-bond donors (Lipinski definition) is 1. The number of aromatic nitrogens is 4. The minimum Gasteiger partial charge on any atom is -0.310 e. The number of pyridine rings is 1. The average Bonchev–Trinajstić information content (AvgIpc) is 3.17. The maximum absolute atomic E-state index is 12.4. The molecule has 2 heterocycles. The molecule has 1 amide bonds. The molecule has 0 aliphatic carbocycles. The predicted octanol–water partition coefficient (Wildman–Crippen LogP) is 4.68. The zero-order chi connectivity index (χ0) is 20.9. The van der Waals surface area contributed by atoms with Crippen molar-refractivity contribution in [3.63, 3.8) is 0 Å². The van der Waals surface area contributed by atoms with Crippen LogP contribution in [-0.2, 0) is 4.79 Å². The lowest BCUT2D eigenvalue weighted by molar-refractivity contribution is -0.113. The highest BCUT2D eigenvalue weighted by Crippen LogP contribution is 2.29. The molecular formula is C23H21N5OS. The quantitative estimate of drug-likeness (QED) is 0.463. The Morgan fingerprint density at radius 1 is 0.967 bits per heavy atom. The van der Waals surface area contributed by atoms with Gasteiger partial charge in [0.15, 0.2) is 11.0 Å². The molecule has 0 atom stereocenters. The highest BCUT2D eigenvalue weighted by Gasteiger charge is 2.18. The van der Waals surface area contributed by atoms with E-state index in [0.29, 0.717) is 11.0 Å². The Bertz CT molecular complexity index is 1160. The third-order valence-electron chi connectivity index (χ3n) is 4.58. The van der Waals surface area contributed by atoms with Crippen molar-refractivity contribution >= 4 is 23.5 Å². The van der Waals surface area contributed by atoms with Crippen LogP contribution in [0, 0.1) is 13.8 Å². The molecule has 0 aliphatic rings. The molecule has 0 saturated heterocycles. The third kappa shape index (κ3) is 4.41. The molecule has 7 heteroatoms. The van der Waals surface area contributed by atoms with Crippen LogP contribution < -0.4 is 5.32 Å². The molecule has 2 aromatic heterocycles. The van der Waals surface area contributed by atoms with Gasteiger partial charge in [-0.2, -0.15) is 0 Å². The van der Waals surface area contributed by atoms with Gasteiger partial charge in [-0.25, -0.2) is 4.98 Å². The highest BCUT2D eigenvalue weighted by molar-refractivity contribution is 7.99. The molecule has 1 N–H and O–H groups in total. The van der Waals surface area contributed by atoms with Crippen molar-refractivity contribution in [2.75, 3.05) is 11.1 Å². The van der Waals surface area contributed by atoms with Crippen LogP contribution >= 0.6 is 11.8 Å². The van der Waals surface area contributed by atoms with Crippen molar-refractivity contribution in [3.8, 4) is 17.1 Å². The van der Waals surface area contributed by atoms with Crippen molar-refractivity contribution in [1.29, 1.82) is 0 Å². The summed E-state index contributed by atoms with van der Waals surface area (Å²) in [7, 11) is 0. The largest absolute Gasteiger partial charge is 0.310 e. The van der Waals surface area contributed by atoms with Gasteiger partial charge >= 0.3 is 0 Å². The summed E-state index contributed by atoms with van der Waals surface area (Å²) in [6.07, 6.45) is 1.64. The summed E-state index contributed by atoms with van der Waals surface area (Å²) in [6, 6.07) is 21.7. The first kappa shape index (κ1) is 19.8. The Balaban J connectivity index is 1.64. The molecule has 150 valence electrons. The smallest absolute Gasteiger partial charge is 0.236 e. The third-order valence-corrected chi connectivity index (χ3v) is 5.51. The van der Waals surface area contributed by atoms with Gasteiger partial charge in [-0.3, -0.25) is 9.36 Å². The summed E-state index contributed by atoms with van der Waals surface area (Å²) in [5.74, 6) is 1.34. The van der Waals surface area contributed by atoms with Crippen molar-refractivity contribution in [2.45, 2.75) is 19.0 Å². The topological polar surface area (TPSA) is 72.7 Å². The van der Waals surface area contributed by atoms with E-state index in [1.807, 2.05) is 47.0 Å². The van der Waals surface area contributed by atoms with Gasteiger partial charge in [-0.1, -0.05) is 59.8 Å². The molecule has 0 bridgehead atoms. The Kier molecular flexibility index (Phi) is 5.90. The molecule has 30 heavy (non-hydrogen) atoms. The van der Waals surface area contributed by atoms with E-state index in [1.165, 1.54) is 17.3 Å². The molecule has 2 aromatic carbocycles. The van der Waals surface area contributed by atoms with Crippen molar-refractivity contribution in [3.05, 3.63) is 84.1 Å². The standard InChI is InChI=1S/C23H21N5OS/c1-16-10-12-18(13-11-16)28-22(19-8-4-3-7-17(19)2)26-27-23(28)30-15-21(29)25-20-9-5-6-14-24-20/h3-14H,15H2,1-2H3,(H,24,25,29). The Morgan fingerprint density at radius 2 is 1.73 bits per heavy atom. The lowest BCUT2D eigenvalue weighted by Gasteiger charge is -2.12. The monoisotopic (exact) mass is 415 g/mol. The number of aryl methyl sites for hydroxylation is 2. The van der Waals surface area contributed by atoms with Gasteiger partial charge < -0.3 is 5.32 Å². The van der Waals surface area contributed by atoms with Crippen LogP contribution in [0.25, 0.3) is 17.1 Å². The van der Waals surface area contributed by atoms with E-state index in [-0.39, 0.29) is 11.7 Å². The van der Waals surface area contributed by atoms with Gasteiger partial charge in [0, 0.05) is 17.4 Å². The second-order valence-corrected chi connectivity index (χ2v) is 7.79. The van der Waals surface area contributed by atoms with E-state index in [0.717, 1.165) is 22.6 Å². The first-order chi connectivity index (χ1) is 14.6. The zero-order valence-electron chi connectivity index (χ0n) is 16.7. The first-order valence-electron chi connectivity index (χ1n) is 9.54. The average molecular weight is 416 g/mol. The van der Waals surface area contributed by atoms with Crippen LogP contribution in [0.2, 0.25) is 0 Å². The lowest BCUT2D eigenvalue weighted by atomic mass is 10.1. The fraction of sp³-hybridized carbons (Fsp3) is 0.130. The Labute approximate surface area is 179 Å². The Hall–Kier alpha value is -3.45. The SMILES string of the molecule is Cc1ccc(-n2c(SCC(=O)Nc3ccccn3)nnc2-c2ccccc2C)cc1. The Morgan fingerprint density at radius 3 is 2.47 bits per heavy atom. The number of nitrogens with zero attached hydrogens (tertiary/aromatic N) is 4. The summed E-state index contributed by atoms with van der Waals surface area (Å²) >= 11 is 1.34. The van der Waals surface area contributed by atoms with Crippen LogP contribution in [0.5, 0.6) is 0 Å². The van der Waals surface area contributed by atoms with E-state index in [9.17, 15) is 4.79 Å². The molecule has 0 saturated carbocycles. The van der Waals surface area contributed by atoms with E-state index < -0.39 is 0 Å². The van der Waals surface area contributed by atoms with Gasteiger partial charge in [-0.15, -0.1) is 10.2 Å². The molecule has 0 spiro atoms. The maximum Gasteiger partial charge on any atom is 0.236 e. The number of thioether (sulfide) groups is 1. The van der Waals surface area contributed by atoms with Gasteiger partial charge in [0.2, 0.25) is 5.91 Å². The number of anilines is 1. The summed E-state index contributed by atoms with van der Waals surface area (Å²) < 4.78 is 2.00. The van der Waals surface area contributed by atoms with E-state index >= 15 is 0 Å². The van der Waals surface area contributed by atoms with Crippen molar-refractivity contribution < 1.29 is 4.79 Å². The van der Waals surface area contributed by atoms with Gasteiger partial charge in [0.1, 0.15) is 5.82 Å². The van der Waals surface area contributed by atoms with E-state index in [2.05, 4.69) is 52.5 Å². The van der Waals surface area contributed by atoms with Crippen LogP contribution in [0.3, 0.4) is 0 Å². The fourth-order valence-electron chi connectivity index (χ4n) is 3.03. The number of hydrogen-bond acceptors (Lipinski definition) is 5. The second kappa shape index (κ2) is 8.92. The van der Waals surface area contributed by atoms with Crippen LogP contribution in [0.4, 0.5) is 5.82 Å². The summed E-state index contributed by atoms with van der Waals surface area (Å²) in [5, 5.41) is 12.3. The number of rotatable bonds is 6. The van der Waals surface area contributed by atoms with Gasteiger partial charge in [-0.05, 0) is 43.7 Å². The van der Waals surface area contributed by atoms with Crippen LogP contribution in [0.15, 0.2) is 78.1 Å². The molecular weight excluding hydrogens is 394 g/mol. The van der Waals surface area contributed by atoms with Gasteiger partial charge in [0.25, 0.3) is 0 Å². The predicted molar refractivity (Wildman–Crippen MR) is 120 cm³/mol. The molecule has 0 unspecified atom stereocenters. The van der Waals surface area contributed by atoms with Crippen LogP contribution in [-0.4, -0.2) is 31.4 Å². The number of carbonyl (C=O) groups excluding carboxylic acids is 1. The zero-order valence-corrected chi connectivity index (χ0v) is 17.6. The number of benzene rings is 2. The minimum atomic E-state index is -0.144. The lowest BCUT2D eigenvalue weighted by Crippen LogP contribution is -2.15. The first-order valence-corrected chi connectivity index (χ1v) is 10.5. The molecule has 0 radical (unpaired) electrons. The summed E-state index contributed by atoms with van der Waals surface area (Å²) in [4.78, 5) is 16.5. The molecule has 0 aliphatic heterocycles. The van der Waals surface area contributed by atoms with Gasteiger partial charge in [0.05, 0.1) is 5.75 Å². The van der Waals surface area contributed by atoms with Crippen molar-refractivity contribution in [2.24, 2.45) is 0 Å². The fourth-order valence-corrected chi connectivity index (χ4v) is 3.79. The van der Waals surface area contributed by atoms with Crippen LogP contribution in [0.1, 0.15) is 11.1 Å². The maximum atomic E-state index is 12.4. The molecule has 4 aromatic rings. The number of nitrogens with one attached hydrogen (secondary N) is 1. The summed E-state index contributed by atoms with van der Waals surface area (Å²) in [5.41, 5.74) is 4.25. The normalized spacial score (nSPS) is 10.7. The molecule has 0 fully saturated rings. The van der Waals surface area contributed by atoms with E-state index in [4.69, 9.17) is 0 Å². The number of amides is 1. The number of carbonyl (C=O) groups is 1. The van der Waals surface area contributed by atoms with E-state index in [1.54, 1.807) is 12.3 Å². The highest BCUT2D eigenvalue weighted by atomic mass is 32.2. The minimum absolute atomic E-state index is 0.144. The molecule has 4 rings (SSSR count). The molecule has 6 nitrogen and oxygen atoms in total. The summed E-state index contributed by atoms with van der Waals surface area (Å²) in [6.45, 7) is 4.10. The van der Waals surface area contributed by atoms with Crippen molar-refractivity contribution in [1.82, 2.24) is 19.7 Å².